The summed E-state index contributed by atoms with van der Waals surface area (Å²) in [6, 6.07) is 1.49. The molecule has 25 heavy (non-hydrogen) atoms. The fraction of sp³-hybridized carbons (Fsp3) is 0.529. The van der Waals surface area contributed by atoms with Gasteiger partial charge in [-0.05, 0) is 12.0 Å². The van der Waals surface area contributed by atoms with E-state index in [2.05, 4.69) is 5.32 Å². The molecule has 3 N–H and O–H groups in total. The molecular formula is C17H22ClF2NO4. The van der Waals surface area contributed by atoms with E-state index in [4.69, 9.17) is 16.7 Å². The normalized spacial score (nSPS) is 14.1. The first-order valence-corrected chi connectivity index (χ1v) is 8.11. The molecule has 2 unspecified atom stereocenters. The number of halogens is 3. The first-order chi connectivity index (χ1) is 11.5. The molecule has 1 amide bonds. The minimum Gasteiger partial charge on any atom is -0.396 e. The molecule has 0 saturated heterocycles. The van der Waals surface area contributed by atoms with Crippen LogP contribution >= 0.6 is 11.6 Å². The predicted octanol–water partition coefficient (Wildman–Crippen LogP) is 2.32. The molecule has 1 aromatic rings. The van der Waals surface area contributed by atoms with Crippen molar-refractivity contribution in [3.8, 4) is 0 Å². The molecule has 8 heteroatoms. The summed E-state index contributed by atoms with van der Waals surface area (Å²) >= 11 is 5.56. The lowest BCUT2D eigenvalue weighted by Crippen LogP contribution is -2.46. The summed E-state index contributed by atoms with van der Waals surface area (Å²) in [5.74, 6) is -3.55. The van der Waals surface area contributed by atoms with Crippen LogP contribution in [0.1, 0.15) is 37.6 Å². The Bertz CT molecular complexity index is 652. The van der Waals surface area contributed by atoms with Gasteiger partial charge in [-0.1, -0.05) is 32.4 Å². The first-order valence-electron chi connectivity index (χ1n) is 7.74. The Kier molecular flexibility index (Phi) is 7.46. The van der Waals surface area contributed by atoms with Crippen LogP contribution in [0.25, 0.3) is 0 Å². The van der Waals surface area contributed by atoms with Crippen LogP contribution in [0.2, 0.25) is 5.02 Å². The third-order valence-corrected chi connectivity index (χ3v) is 4.15. The molecule has 2 atom stereocenters. The van der Waals surface area contributed by atoms with Gasteiger partial charge < -0.3 is 15.5 Å². The standard InChI is InChI=1S/C17H22ClF2NO4/c1-9(7-21-16(25)15(24)17(2,3)8-22)4-14(23)10-5-11(18)13(20)6-12(10)19/h5-6,9,15,22,24H,4,7-8H2,1-3H3,(H,21,25). The first kappa shape index (κ1) is 21.5. The van der Waals surface area contributed by atoms with Gasteiger partial charge in [-0.3, -0.25) is 9.59 Å². The molecule has 0 bridgehead atoms. The fourth-order valence-electron chi connectivity index (χ4n) is 2.05. The number of aliphatic hydroxyl groups is 2. The van der Waals surface area contributed by atoms with Crippen molar-refractivity contribution in [2.45, 2.75) is 33.3 Å². The molecule has 0 radical (unpaired) electrons. The van der Waals surface area contributed by atoms with Crippen molar-refractivity contribution < 1.29 is 28.6 Å². The minimum absolute atomic E-state index is 0.0691. The SMILES string of the molecule is CC(CNC(=O)C(O)C(C)(C)CO)CC(=O)c1cc(Cl)c(F)cc1F. The second-order valence-electron chi connectivity index (χ2n) is 6.77. The number of aliphatic hydroxyl groups excluding tert-OH is 2. The van der Waals surface area contributed by atoms with Crippen molar-refractivity contribution in [2.24, 2.45) is 11.3 Å². The molecule has 140 valence electrons. The molecule has 0 heterocycles. The second-order valence-corrected chi connectivity index (χ2v) is 7.18. The Morgan fingerprint density at radius 2 is 1.88 bits per heavy atom. The average Bonchev–Trinajstić information content (AvgIpc) is 2.54. The van der Waals surface area contributed by atoms with Gasteiger partial charge in [0.15, 0.2) is 5.78 Å². The molecule has 0 aliphatic carbocycles. The van der Waals surface area contributed by atoms with E-state index in [1.165, 1.54) is 13.8 Å². The van der Waals surface area contributed by atoms with E-state index >= 15 is 0 Å². The smallest absolute Gasteiger partial charge is 0.249 e. The molecule has 5 nitrogen and oxygen atoms in total. The van der Waals surface area contributed by atoms with E-state index in [0.29, 0.717) is 6.07 Å². The summed E-state index contributed by atoms with van der Waals surface area (Å²) in [4.78, 5) is 24.0. The third kappa shape index (κ3) is 5.73. The zero-order valence-electron chi connectivity index (χ0n) is 14.3. The van der Waals surface area contributed by atoms with Crippen molar-refractivity contribution in [1.29, 1.82) is 0 Å². The number of hydrogen-bond acceptors (Lipinski definition) is 4. The maximum absolute atomic E-state index is 13.7. The Morgan fingerprint density at radius 3 is 2.44 bits per heavy atom. The van der Waals surface area contributed by atoms with Crippen LogP contribution in [0, 0.1) is 23.0 Å². The highest BCUT2D eigenvalue weighted by molar-refractivity contribution is 6.31. The number of Topliss-reactive ketones (excluding diaryl/α,β-unsaturated/α-hetero) is 1. The van der Waals surface area contributed by atoms with E-state index in [0.717, 1.165) is 6.07 Å². The number of benzene rings is 1. The Labute approximate surface area is 150 Å². The maximum atomic E-state index is 13.7. The molecule has 1 aromatic carbocycles. The highest BCUT2D eigenvalue weighted by Crippen LogP contribution is 2.22. The van der Waals surface area contributed by atoms with Crippen LogP contribution in [-0.4, -0.2) is 41.2 Å². The van der Waals surface area contributed by atoms with Crippen LogP contribution in [0.15, 0.2) is 12.1 Å². The van der Waals surface area contributed by atoms with Crippen molar-refractivity contribution in [1.82, 2.24) is 5.32 Å². The lowest BCUT2D eigenvalue weighted by molar-refractivity contribution is -0.137. The molecule has 0 spiro atoms. The lowest BCUT2D eigenvalue weighted by atomic mass is 9.87. The van der Waals surface area contributed by atoms with Gasteiger partial charge in [0.1, 0.15) is 17.7 Å². The quantitative estimate of drug-likeness (QED) is 0.479. The van der Waals surface area contributed by atoms with E-state index in [1.54, 1.807) is 6.92 Å². The van der Waals surface area contributed by atoms with Crippen molar-refractivity contribution in [2.75, 3.05) is 13.2 Å². The van der Waals surface area contributed by atoms with Gasteiger partial charge in [-0.2, -0.15) is 0 Å². The molecule has 0 aliphatic heterocycles. The van der Waals surface area contributed by atoms with E-state index < -0.39 is 34.8 Å². The van der Waals surface area contributed by atoms with Crippen LogP contribution in [-0.2, 0) is 4.79 Å². The fourth-order valence-corrected chi connectivity index (χ4v) is 2.21. The van der Waals surface area contributed by atoms with Crippen molar-refractivity contribution >= 4 is 23.3 Å². The summed E-state index contributed by atoms with van der Waals surface area (Å²) in [6.45, 7) is 4.42. The summed E-state index contributed by atoms with van der Waals surface area (Å²) in [7, 11) is 0. The zero-order valence-corrected chi connectivity index (χ0v) is 15.0. The Hall–Kier alpha value is -1.57. The van der Waals surface area contributed by atoms with Crippen LogP contribution in [0.3, 0.4) is 0 Å². The monoisotopic (exact) mass is 377 g/mol. The number of hydrogen-bond donors (Lipinski definition) is 3. The number of ketones is 1. The molecule has 0 fully saturated rings. The number of carbonyl (C=O) groups is 2. The van der Waals surface area contributed by atoms with Crippen LogP contribution < -0.4 is 5.32 Å². The van der Waals surface area contributed by atoms with Crippen LogP contribution in [0.5, 0.6) is 0 Å². The molecule has 0 aromatic heterocycles. The predicted molar refractivity (Wildman–Crippen MR) is 89.4 cm³/mol. The highest BCUT2D eigenvalue weighted by atomic mass is 35.5. The summed E-state index contributed by atoms with van der Waals surface area (Å²) in [5.41, 5.74) is -1.32. The van der Waals surface area contributed by atoms with E-state index in [-0.39, 0.29) is 36.1 Å². The van der Waals surface area contributed by atoms with Gasteiger partial charge in [-0.15, -0.1) is 0 Å². The van der Waals surface area contributed by atoms with E-state index in [9.17, 15) is 23.5 Å². The van der Waals surface area contributed by atoms with Gasteiger partial charge in [-0.25, -0.2) is 8.78 Å². The molecule has 0 aliphatic rings. The molecule has 0 saturated carbocycles. The summed E-state index contributed by atoms with van der Waals surface area (Å²) in [5, 5.41) is 21.2. The lowest BCUT2D eigenvalue weighted by Gasteiger charge is -2.27. The topological polar surface area (TPSA) is 86.6 Å². The van der Waals surface area contributed by atoms with Crippen molar-refractivity contribution in [3.05, 3.63) is 34.4 Å². The molecular weight excluding hydrogens is 356 g/mol. The van der Waals surface area contributed by atoms with Gasteiger partial charge in [0.05, 0.1) is 17.2 Å². The Morgan fingerprint density at radius 1 is 1.28 bits per heavy atom. The number of amides is 1. The van der Waals surface area contributed by atoms with Gasteiger partial charge in [0.25, 0.3) is 0 Å². The largest absolute Gasteiger partial charge is 0.396 e. The minimum atomic E-state index is -1.41. The van der Waals surface area contributed by atoms with Crippen molar-refractivity contribution in [3.63, 3.8) is 0 Å². The highest BCUT2D eigenvalue weighted by Gasteiger charge is 2.33. The van der Waals surface area contributed by atoms with Crippen LogP contribution in [0.4, 0.5) is 8.78 Å². The van der Waals surface area contributed by atoms with Gasteiger partial charge in [0, 0.05) is 24.4 Å². The summed E-state index contributed by atoms with van der Waals surface area (Å²) in [6.07, 6.45) is -1.51. The number of nitrogens with one attached hydrogen (secondary N) is 1. The second kappa shape index (κ2) is 8.69. The summed E-state index contributed by atoms with van der Waals surface area (Å²) < 4.78 is 26.8. The average molecular weight is 378 g/mol. The maximum Gasteiger partial charge on any atom is 0.249 e. The van der Waals surface area contributed by atoms with E-state index in [1.807, 2.05) is 0 Å². The number of rotatable bonds is 8. The Balaban J connectivity index is 2.63. The van der Waals surface area contributed by atoms with Gasteiger partial charge in [0.2, 0.25) is 5.91 Å². The third-order valence-electron chi connectivity index (χ3n) is 3.87. The zero-order chi connectivity index (χ0) is 19.4. The number of carbonyl (C=O) groups excluding carboxylic acids is 2. The van der Waals surface area contributed by atoms with Gasteiger partial charge >= 0.3 is 0 Å². The molecule has 1 rings (SSSR count).